The quantitative estimate of drug-likeness (QED) is 0.579. The van der Waals surface area contributed by atoms with Crippen LogP contribution >= 0.6 is 0 Å². The van der Waals surface area contributed by atoms with Crippen molar-refractivity contribution in [1.29, 1.82) is 0 Å². The third-order valence-electron chi connectivity index (χ3n) is 2.43. The Hall–Kier alpha value is -1.42. The molecule has 0 saturated carbocycles. The lowest BCUT2D eigenvalue weighted by atomic mass is 10.2. The molecule has 2 rings (SSSR count). The zero-order valence-electron chi connectivity index (χ0n) is 9.40. The first kappa shape index (κ1) is 11.1. The fraction of sp³-hybridized carbons (Fsp3) is 0.250. The summed E-state index contributed by atoms with van der Waals surface area (Å²) in [5, 5.41) is 0.973. The van der Waals surface area contributed by atoms with Gasteiger partial charge in [-0.15, -0.1) is 0 Å². The van der Waals surface area contributed by atoms with Crippen molar-refractivity contribution in [2.45, 2.75) is 19.3 Å². The third kappa shape index (κ3) is 2.22. The van der Waals surface area contributed by atoms with E-state index < -0.39 is 8.41 Å². The fourth-order valence-corrected chi connectivity index (χ4v) is 2.86. The summed E-state index contributed by atoms with van der Waals surface area (Å²) >= 11 is 0. The Balaban J connectivity index is 2.66. The van der Waals surface area contributed by atoms with E-state index in [-0.39, 0.29) is 11.7 Å². The summed E-state index contributed by atoms with van der Waals surface area (Å²) in [7, 11) is -2.78. The van der Waals surface area contributed by atoms with E-state index in [1.165, 1.54) is 6.07 Å². The lowest BCUT2D eigenvalue weighted by Crippen LogP contribution is -2.33. The maximum Gasteiger partial charge on any atom is 0.260 e. The number of benzene rings is 1. The van der Waals surface area contributed by atoms with Crippen LogP contribution in [-0.2, 0) is 6.17 Å². The predicted molar refractivity (Wildman–Crippen MR) is 66.8 cm³/mol. The number of nitrogens with zero attached hydrogens (tertiary/aromatic N) is 1. The van der Waals surface area contributed by atoms with Crippen LogP contribution in [-0.4, -0.2) is 13.0 Å². The highest BCUT2D eigenvalue weighted by molar-refractivity contribution is 6.69. The van der Waals surface area contributed by atoms with Crippen LogP contribution in [0, 0.1) is 0 Å². The van der Waals surface area contributed by atoms with E-state index in [2.05, 4.69) is 0 Å². The minimum absolute atomic E-state index is 0.128. The van der Waals surface area contributed by atoms with E-state index in [4.69, 9.17) is 0 Å². The standard InChI is InChI=1S/C12H14FNOSi/c1-16(2,13)9-14-11-6-4-3-5-10(11)7-8-12(14)15/h3-8H,9H2,1-2H3. The number of hydrogen-bond donors (Lipinski definition) is 0. The molecule has 1 aromatic heterocycles. The SMILES string of the molecule is C[Si](C)(F)Cn1c(=O)ccc2ccccc21. The number of hydrogen-bond acceptors (Lipinski definition) is 1. The summed E-state index contributed by atoms with van der Waals surface area (Å²) in [5.74, 6) is 0. The van der Waals surface area contributed by atoms with Crippen molar-refractivity contribution in [2.24, 2.45) is 0 Å². The van der Waals surface area contributed by atoms with Gasteiger partial charge in [0.05, 0.1) is 5.52 Å². The molecule has 1 heterocycles. The molecule has 0 fully saturated rings. The van der Waals surface area contributed by atoms with Crippen molar-refractivity contribution in [3.63, 3.8) is 0 Å². The molecule has 1 aromatic carbocycles. The molecule has 0 amide bonds. The van der Waals surface area contributed by atoms with Gasteiger partial charge in [-0.25, -0.2) is 0 Å². The molecule has 0 spiro atoms. The number of fused-ring (bicyclic) bond motifs is 1. The summed E-state index contributed by atoms with van der Waals surface area (Å²) in [6.45, 7) is 3.22. The lowest BCUT2D eigenvalue weighted by Gasteiger charge is -2.15. The molecule has 0 radical (unpaired) electrons. The Morgan fingerprint density at radius 1 is 1.19 bits per heavy atom. The van der Waals surface area contributed by atoms with Crippen LogP contribution in [0.25, 0.3) is 10.9 Å². The van der Waals surface area contributed by atoms with Crippen LogP contribution in [0.1, 0.15) is 0 Å². The van der Waals surface area contributed by atoms with Crippen molar-refractivity contribution in [1.82, 2.24) is 4.57 Å². The molecule has 16 heavy (non-hydrogen) atoms. The molecular formula is C12H14FNOSi. The van der Waals surface area contributed by atoms with E-state index in [9.17, 15) is 8.90 Å². The van der Waals surface area contributed by atoms with Gasteiger partial charge in [0, 0.05) is 12.2 Å². The Kier molecular flexibility index (Phi) is 2.67. The molecule has 2 aromatic rings. The normalized spacial score (nSPS) is 11.9. The van der Waals surface area contributed by atoms with Gasteiger partial charge in [-0.2, -0.15) is 0 Å². The maximum absolute atomic E-state index is 13.8. The van der Waals surface area contributed by atoms with E-state index in [0.29, 0.717) is 0 Å². The van der Waals surface area contributed by atoms with Gasteiger partial charge in [0.2, 0.25) is 0 Å². The van der Waals surface area contributed by atoms with Crippen molar-refractivity contribution in [3.05, 3.63) is 46.8 Å². The molecule has 0 saturated heterocycles. The average Bonchev–Trinajstić information content (AvgIpc) is 2.21. The average molecular weight is 235 g/mol. The van der Waals surface area contributed by atoms with Crippen LogP contribution in [0.15, 0.2) is 41.2 Å². The topological polar surface area (TPSA) is 22.0 Å². The minimum atomic E-state index is -2.78. The van der Waals surface area contributed by atoms with E-state index in [1.807, 2.05) is 24.3 Å². The molecule has 0 unspecified atom stereocenters. The molecule has 0 aliphatic carbocycles. The summed E-state index contributed by atoms with van der Waals surface area (Å²) in [6.07, 6.45) is 0.215. The van der Waals surface area contributed by atoms with Crippen molar-refractivity contribution >= 4 is 19.3 Å². The van der Waals surface area contributed by atoms with Gasteiger partial charge in [-0.3, -0.25) is 4.79 Å². The Bertz CT molecular complexity index is 571. The van der Waals surface area contributed by atoms with Crippen molar-refractivity contribution < 1.29 is 4.11 Å². The Morgan fingerprint density at radius 3 is 2.56 bits per heavy atom. The fourth-order valence-electron chi connectivity index (χ4n) is 1.78. The highest BCUT2D eigenvalue weighted by Gasteiger charge is 2.22. The summed E-state index contributed by atoms with van der Waals surface area (Å²) in [5.41, 5.74) is 0.685. The van der Waals surface area contributed by atoms with Crippen LogP contribution in [0.4, 0.5) is 4.11 Å². The zero-order valence-corrected chi connectivity index (χ0v) is 10.4. The second-order valence-electron chi connectivity index (χ2n) is 4.54. The second kappa shape index (κ2) is 3.86. The Morgan fingerprint density at radius 2 is 1.88 bits per heavy atom. The first-order chi connectivity index (χ1) is 7.47. The predicted octanol–water partition coefficient (Wildman–Crippen LogP) is 2.72. The molecule has 2 nitrogen and oxygen atoms in total. The maximum atomic E-state index is 13.8. The molecular weight excluding hydrogens is 221 g/mol. The van der Waals surface area contributed by atoms with E-state index in [0.717, 1.165) is 10.9 Å². The molecule has 0 aliphatic heterocycles. The van der Waals surface area contributed by atoms with Gasteiger partial charge < -0.3 is 8.67 Å². The van der Waals surface area contributed by atoms with Gasteiger partial charge >= 0.3 is 0 Å². The third-order valence-corrected chi connectivity index (χ3v) is 3.50. The molecule has 0 bridgehead atoms. The molecule has 84 valence electrons. The monoisotopic (exact) mass is 235 g/mol. The van der Waals surface area contributed by atoms with Crippen molar-refractivity contribution in [2.75, 3.05) is 0 Å². The second-order valence-corrected chi connectivity index (χ2v) is 8.29. The molecule has 0 atom stereocenters. The number of para-hydroxylation sites is 1. The van der Waals surface area contributed by atoms with Gasteiger partial charge in [-0.1, -0.05) is 18.2 Å². The molecule has 0 aliphatic rings. The Labute approximate surface area is 94.5 Å². The van der Waals surface area contributed by atoms with Gasteiger partial charge in [0.25, 0.3) is 14.0 Å². The highest BCUT2D eigenvalue weighted by atomic mass is 28.4. The zero-order chi connectivity index (χ0) is 11.8. The number of rotatable bonds is 2. The van der Waals surface area contributed by atoms with Gasteiger partial charge in [0.15, 0.2) is 0 Å². The molecule has 4 heteroatoms. The summed E-state index contributed by atoms with van der Waals surface area (Å²) in [6, 6.07) is 10.8. The van der Waals surface area contributed by atoms with Crippen molar-refractivity contribution in [3.8, 4) is 0 Å². The first-order valence-electron chi connectivity index (χ1n) is 5.25. The van der Waals surface area contributed by atoms with Gasteiger partial charge in [-0.05, 0) is 30.6 Å². The summed E-state index contributed by atoms with van der Waals surface area (Å²) in [4.78, 5) is 11.7. The number of halogens is 1. The number of aromatic nitrogens is 1. The lowest BCUT2D eigenvalue weighted by molar-refractivity contribution is 0.719. The smallest absolute Gasteiger partial charge is 0.260 e. The largest absolute Gasteiger partial charge is 0.313 e. The van der Waals surface area contributed by atoms with Crippen LogP contribution in [0.3, 0.4) is 0 Å². The van der Waals surface area contributed by atoms with E-state index >= 15 is 0 Å². The molecule has 0 N–H and O–H groups in total. The highest BCUT2D eigenvalue weighted by Crippen LogP contribution is 2.14. The number of pyridine rings is 1. The summed E-state index contributed by atoms with van der Waals surface area (Å²) < 4.78 is 15.3. The van der Waals surface area contributed by atoms with Gasteiger partial charge in [0.1, 0.15) is 0 Å². The van der Waals surface area contributed by atoms with E-state index in [1.54, 1.807) is 23.7 Å². The van der Waals surface area contributed by atoms with Crippen LogP contribution < -0.4 is 5.56 Å². The van der Waals surface area contributed by atoms with Crippen LogP contribution in [0.5, 0.6) is 0 Å². The van der Waals surface area contributed by atoms with Crippen LogP contribution in [0.2, 0.25) is 13.1 Å². The minimum Gasteiger partial charge on any atom is -0.313 e. The first-order valence-corrected chi connectivity index (χ1v) is 8.33.